The van der Waals surface area contributed by atoms with Crippen LogP contribution < -0.4 is 10.3 Å². The van der Waals surface area contributed by atoms with Crippen molar-refractivity contribution >= 4 is 20.6 Å². The number of aryl methyl sites for hydroxylation is 2. The summed E-state index contributed by atoms with van der Waals surface area (Å²) in [5, 5.41) is 5.63. The fraction of sp³-hybridized carbons (Fsp3) is 0.280. The van der Waals surface area contributed by atoms with Gasteiger partial charge in [-0.3, -0.25) is 9.48 Å². The molecule has 4 rings (SSSR count). The number of ether oxygens (including phenoxy) is 1. The van der Waals surface area contributed by atoms with Crippen LogP contribution in [0.5, 0.6) is 5.75 Å². The number of rotatable bonds is 7. The lowest BCUT2D eigenvalue weighted by Crippen LogP contribution is -2.16. The number of sulfone groups is 1. The minimum Gasteiger partial charge on any atom is -0.493 e. The second-order valence-corrected chi connectivity index (χ2v) is 10.1. The molecular formula is C25H27N3O4S. The summed E-state index contributed by atoms with van der Waals surface area (Å²) in [6.07, 6.45) is 5.50. The molecule has 33 heavy (non-hydrogen) atoms. The smallest absolute Gasteiger partial charge is 0.258 e. The van der Waals surface area contributed by atoms with E-state index >= 15 is 0 Å². The average Bonchev–Trinajstić information content (AvgIpc) is 3.31. The Morgan fingerprint density at radius 1 is 0.939 bits per heavy atom. The topological polar surface area (TPSA) is 83.2 Å². The fourth-order valence-corrected chi connectivity index (χ4v) is 4.81. The maximum Gasteiger partial charge on any atom is 0.258 e. The van der Waals surface area contributed by atoms with Crippen LogP contribution in [0.4, 0.5) is 0 Å². The highest BCUT2D eigenvalue weighted by atomic mass is 32.2. The quantitative estimate of drug-likeness (QED) is 0.407. The van der Waals surface area contributed by atoms with Gasteiger partial charge in [0.05, 0.1) is 23.5 Å². The Morgan fingerprint density at radius 3 is 2.39 bits per heavy atom. The standard InChI is InChI=1S/C25H27N3O4S/c1-5-28-15-18(14-26-28)17-8-10-20-21(12-17)23(16-27(4)25(20)29)22-13-19(33(30,31)7-3)9-11-24(22)32-6-2/h8-16H,5-7H2,1-4H3. The van der Waals surface area contributed by atoms with E-state index in [1.54, 1.807) is 44.6 Å². The normalized spacial score (nSPS) is 11.8. The highest BCUT2D eigenvalue weighted by Gasteiger charge is 2.19. The van der Waals surface area contributed by atoms with Gasteiger partial charge in [-0.15, -0.1) is 0 Å². The molecule has 0 atom stereocenters. The average molecular weight is 466 g/mol. The Bertz CT molecular complexity index is 1500. The van der Waals surface area contributed by atoms with E-state index in [2.05, 4.69) is 5.10 Å². The minimum atomic E-state index is -3.42. The molecule has 0 aliphatic heterocycles. The van der Waals surface area contributed by atoms with Crippen LogP contribution in [-0.2, 0) is 23.4 Å². The summed E-state index contributed by atoms with van der Waals surface area (Å²) in [6.45, 7) is 6.71. The van der Waals surface area contributed by atoms with Gasteiger partial charge in [0.15, 0.2) is 9.84 Å². The number of nitrogens with zero attached hydrogens (tertiary/aromatic N) is 3. The van der Waals surface area contributed by atoms with Crippen LogP contribution in [0.2, 0.25) is 0 Å². The predicted octanol–water partition coefficient (Wildman–Crippen LogP) is 4.28. The van der Waals surface area contributed by atoms with Crippen molar-refractivity contribution in [3.05, 3.63) is 65.3 Å². The number of aromatic nitrogens is 3. The molecule has 0 unspecified atom stereocenters. The lowest BCUT2D eigenvalue weighted by atomic mass is 9.97. The minimum absolute atomic E-state index is 0.0000109. The van der Waals surface area contributed by atoms with Crippen molar-refractivity contribution in [3.8, 4) is 28.0 Å². The molecule has 0 radical (unpaired) electrons. The molecule has 0 saturated carbocycles. The van der Waals surface area contributed by atoms with Gasteiger partial charge in [0, 0.05) is 48.1 Å². The van der Waals surface area contributed by atoms with E-state index in [0.717, 1.165) is 28.6 Å². The molecule has 0 N–H and O–H groups in total. The Hall–Kier alpha value is -3.39. The number of hydrogen-bond acceptors (Lipinski definition) is 5. The van der Waals surface area contributed by atoms with E-state index in [1.807, 2.05) is 42.9 Å². The van der Waals surface area contributed by atoms with E-state index < -0.39 is 9.84 Å². The maximum absolute atomic E-state index is 12.9. The van der Waals surface area contributed by atoms with Crippen LogP contribution in [0.3, 0.4) is 0 Å². The van der Waals surface area contributed by atoms with Crippen LogP contribution in [0, 0.1) is 0 Å². The third kappa shape index (κ3) is 4.18. The first-order valence-corrected chi connectivity index (χ1v) is 12.6. The predicted molar refractivity (Wildman–Crippen MR) is 130 cm³/mol. The first kappa shape index (κ1) is 22.8. The van der Waals surface area contributed by atoms with Gasteiger partial charge in [-0.2, -0.15) is 5.10 Å². The Morgan fingerprint density at radius 2 is 1.73 bits per heavy atom. The fourth-order valence-electron chi connectivity index (χ4n) is 3.91. The summed E-state index contributed by atoms with van der Waals surface area (Å²) in [7, 11) is -1.73. The lowest BCUT2D eigenvalue weighted by molar-refractivity contribution is 0.341. The summed E-state index contributed by atoms with van der Waals surface area (Å²) >= 11 is 0. The monoisotopic (exact) mass is 465 g/mol. The Balaban J connectivity index is 2.04. The van der Waals surface area contributed by atoms with Gasteiger partial charge in [-0.1, -0.05) is 13.0 Å². The highest BCUT2D eigenvalue weighted by Crippen LogP contribution is 2.37. The van der Waals surface area contributed by atoms with Crippen LogP contribution in [-0.4, -0.2) is 35.1 Å². The second kappa shape index (κ2) is 8.86. The third-order valence-electron chi connectivity index (χ3n) is 5.75. The van der Waals surface area contributed by atoms with E-state index in [0.29, 0.717) is 23.3 Å². The second-order valence-electron chi connectivity index (χ2n) is 7.80. The zero-order chi connectivity index (χ0) is 23.8. The van der Waals surface area contributed by atoms with Gasteiger partial charge in [-0.05, 0) is 55.1 Å². The summed E-state index contributed by atoms with van der Waals surface area (Å²) in [4.78, 5) is 13.1. The van der Waals surface area contributed by atoms with Crippen LogP contribution >= 0.6 is 0 Å². The van der Waals surface area contributed by atoms with Crippen molar-refractivity contribution in [2.45, 2.75) is 32.2 Å². The zero-order valence-electron chi connectivity index (χ0n) is 19.2. The number of pyridine rings is 1. The molecule has 7 nitrogen and oxygen atoms in total. The van der Waals surface area contributed by atoms with E-state index in [4.69, 9.17) is 4.74 Å². The summed E-state index contributed by atoms with van der Waals surface area (Å²) in [5.41, 5.74) is 3.10. The van der Waals surface area contributed by atoms with E-state index in [-0.39, 0.29) is 16.2 Å². The Kier molecular flexibility index (Phi) is 6.12. The molecular weight excluding hydrogens is 438 g/mol. The van der Waals surface area contributed by atoms with Crippen molar-refractivity contribution in [2.75, 3.05) is 12.4 Å². The van der Waals surface area contributed by atoms with Crippen molar-refractivity contribution < 1.29 is 13.2 Å². The van der Waals surface area contributed by atoms with Gasteiger partial charge in [-0.25, -0.2) is 8.42 Å². The van der Waals surface area contributed by atoms with E-state index in [1.165, 1.54) is 4.57 Å². The summed E-state index contributed by atoms with van der Waals surface area (Å²) < 4.78 is 34.4. The molecule has 0 fully saturated rings. The molecule has 2 heterocycles. The first-order chi connectivity index (χ1) is 15.8. The molecule has 0 spiro atoms. The van der Waals surface area contributed by atoms with Gasteiger partial charge in [0.2, 0.25) is 0 Å². The third-order valence-corrected chi connectivity index (χ3v) is 7.49. The molecule has 2 aromatic carbocycles. The number of hydrogen-bond donors (Lipinski definition) is 0. The van der Waals surface area contributed by atoms with Gasteiger partial charge < -0.3 is 9.30 Å². The maximum atomic E-state index is 12.9. The Labute approximate surface area is 193 Å². The van der Waals surface area contributed by atoms with Gasteiger partial charge in [0.25, 0.3) is 5.56 Å². The molecule has 0 amide bonds. The van der Waals surface area contributed by atoms with Gasteiger partial charge >= 0.3 is 0 Å². The molecule has 8 heteroatoms. The van der Waals surface area contributed by atoms with Crippen molar-refractivity contribution in [1.82, 2.24) is 14.3 Å². The van der Waals surface area contributed by atoms with Crippen molar-refractivity contribution in [2.24, 2.45) is 7.05 Å². The van der Waals surface area contributed by atoms with Crippen LogP contribution in [0.1, 0.15) is 20.8 Å². The number of fused-ring (bicyclic) bond motifs is 1. The molecule has 0 bridgehead atoms. The first-order valence-electron chi connectivity index (χ1n) is 10.9. The largest absolute Gasteiger partial charge is 0.493 e. The summed E-state index contributed by atoms with van der Waals surface area (Å²) in [6, 6.07) is 10.6. The summed E-state index contributed by atoms with van der Waals surface area (Å²) in [5.74, 6) is 0.566. The zero-order valence-corrected chi connectivity index (χ0v) is 20.0. The molecule has 172 valence electrons. The molecule has 4 aromatic rings. The highest BCUT2D eigenvalue weighted by molar-refractivity contribution is 7.91. The molecule has 2 aromatic heterocycles. The number of benzene rings is 2. The lowest BCUT2D eigenvalue weighted by Gasteiger charge is -2.16. The van der Waals surface area contributed by atoms with Crippen LogP contribution in [0.25, 0.3) is 33.0 Å². The van der Waals surface area contributed by atoms with Crippen molar-refractivity contribution in [3.63, 3.8) is 0 Å². The molecule has 0 aliphatic rings. The molecule has 0 aliphatic carbocycles. The van der Waals surface area contributed by atoms with Gasteiger partial charge in [0.1, 0.15) is 5.75 Å². The van der Waals surface area contributed by atoms with Crippen molar-refractivity contribution in [1.29, 1.82) is 0 Å². The molecule has 0 saturated heterocycles. The SMILES string of the molecule is CCOc1ccc(S(=O)(=O)CC)cc1-c1cn(C)c(=O)c2ccc(-c3cnn(CC)c3)cc12. The van der Waals surface area contributed by atoms with E-state index in [9.17, 15) is 13.2 Å². The van der Waals surface area contributed by atoms with Crippen LogP contribution in [0.15, 0.2) is 64.7 Å².